The predicted molar refractivity (Wildman–Crippen MR) is 38.9 cm³/mol. The molecule has 0 aromatic carbocycles. The Morgan fingerprint density at radius 2 is 1.33 bits per heavy atom. The molecular weight excluding hydrogens is 173 g/mol. The molecule has 66 valence electrons. The normalized spacial score (nSPS) is 7.17. The summed E-state index contributed by atoms with van der Waals surface area (Å²) in [6, 6.07) is 0. The van der Waals surface area contributed by atoms with E-state index in [0.717, 1.165) is 0 Å². The van der Waals surface area contributed by atoms with Gasteiger partial charge < -0.3 is 22.9 Å². The van der Waals surface area contributed by atoms with Crippen LogP contribution in [0.5, 0.6) is 0 Å². The van der Waals surface area contributed by atoms with E-state index in [1.165, 1.54) is 0 Å². The standard InChI is InChI=1S/C4H6O4.C2H6N.Na/c5-3(6)1-2-4(7)8;1-2-3;/h1-2H2,(H,5,6)(H,7,8);1-3H2;/q;-1;+1. The van der Waals surface area contributed by atoms with Crippen molar-refractivity contribution in [3.05, 3.63) is 6.92 Å². The molecule has 0 aromatic heterocycles. The van der Waals surface area contributed by atoms with E-state index in [4.69, 9.17) is 15.9 Å². The molecule has 0 aliphatic rings. The first-order valence-corrected chi connectivity index (χ1v) is 2.97. The van der Waals surface area contributed by atoms with Crippen LogP contribution >= 0.6 is 0 Å². The van der Waals surface area contributed by atoms with Crippen molar-refractivity contribution in [1.82, 2.24) is 0 Å². The van der Waals surface area contributed by atoms with Gasteiger partial charge >= 0.3 is 41.5 Å². The van der Waals surface area contributed by atoms with Crippen molar-refractivity contribution in [3.8, 4) is 0 Å². The molecule has 12 heavy (non-hydrogen) atoms. The van der Waals surface area contributed by atoms with Gasteiger partial charge in [-0.25, -0.2) is 0 Å². The third-order valence-electron chi connectivity index (χ3n) is 0.553. The summed E-state index contributed by atoms with van der Waals surface area (Å²) in [5, 5.41) is 15.8. The van der Waals surface area contributed by atoms with E-state index in [-0.39, 0.29) is 42.4 Å². The first-order valence-electron chi connectivity index (χ1n) is 2.97. The number of hydrogen-bond acceptors (Lipinski definition) is 3. The molecule has 0 aromatic rings. The van der Waals surface area contributed by atoms with E-state index in [2.05, 4.69) is 6.92 Å². The zero-order chi connectivity index (χ0) is 9.28. The van der Waals surface area contributed by atoms with Gasteiger partial charge in [0.05, 0.1) is 12.8 Å². The van der Waals surface area contributed by atoms with E-state index in [0.29, 0.717) is 6.54 Å². The summed E-state index contributed by atoms with van der Waals surface area (Å²) >= 11 is 0. The maximum atomic E-state index is 9.64. The van der Waals surface area contributed by atoms with Crippen molar-refractivity contribution in [1.29, 1.82) is 0 Å². The van der Waals surface area contributed by atoms with Crippen LogP contribution in [0.4, 0.5) is 0 Å². The minimum atomic E-state index is -1.08. The molecule has 0 aliphatic heterocycles. The van der Waals surface area contributed by atoms with Crippen molar-refractivity contribution in [2.24, 2.45) is 5.73 Å². The largest absolute Gasteiger partial charge is 1.00 e. The van der Waals surface area contributed by atoms with Gasteiger partial charge in [-0.1, -0.05) is 0 Å². The number of carboxylic acids is 2. The molecule has 6 heteroatoms. The van der Waals surface area contributed by atoms with Gasteiger partial charge in [-0.05, 0) is 0 Å². The van der Waals surface area contributed by atoms with Crippen LogP contribution in [-0.2, 0) is 9.59 Å². The number of nitrogens with two attached hydrogens (primary N) is 1. The van der Waals surface area contributed by atoms with Gasteiger partial charge in [-0.2, -0.15) is 0 Å². The first-order chi connectivity index (χ1) is 5.04. The summed E-state index contributed by atoms with van der Waals surface area (Å²) < 4.78 is 0. The van der Waals surface area contributed by atoms with Crippen LogP contribution < -0.4 is 35.3 Å². The smallest absolute Gasteiger partial charge is 0.481 e. The number of aliphatic carboxylic acids is 2. The van der Waals surface area contributed by atoms with E-state index >= 15 is 0 Å². The topological polar surface area (TPSA) is 101 Å². The van der Waals surface area contributed by atoms with E-state index < -0.39 is 11.9 Å². The van der Waals surface area contributed by atoms with Crippen LogP contribution in [0, 0.1) is 6.92 Å². The second-order valence-electron chi connectivity index (χ2n) is 1.58. The Kier molecular flexibility index (Phi) is 20.1. The summed E-state index contributed by atoms with van der Waals surface area (Å²) in [6.45, 7) is 3.76. The molecule has 4 N–H and O–H groups in total. The molecule has 0 rings (SSSR count). The van der Waals surface area contributed by atoms with Crippen LogP contribution in [0.15, 0.2) is 0 Å². The maximum Gasteiger partial charge on any atom is 1.00 e. The van der Waals surface area contributed by atoms with Crippen molar-refractivity contribution >= 4 is 11.9 Å². The molecule has 5 nitrogen and oxygen atoms in total. The van der Waals surface area contributed by atoms with E-state index in [1.807, 2.05) is 0 Å². The molecule has 0 spiro atoms. The molecule has 0 fully saturated rings. The van der Waals surface area contributed by atoms with Crippen LogP contribution in [0.2, 0.25) is 0 Å². The Hall–Kier alpha value is -0.100. The number of carbonyl (C=O) groups is 2. The minimum Gasteiger partial charge on any atom is -0.481 e. The molecule has 0 bridgehead atoms. The van der Waals surface area contributed by atoms with Crippen LogP contribution in [0.1, 0.15) is 12.8 Å². The third kappa shape index (κ3) is 32.7. The molecule has 0 heterocycles. The number of hydrogen-bond donors (Lipinski definition) is 3. The van der Waals surface area contributed by atoms with Gasteiger partial charge in [-0.3, -0.25) is 9.59 Å². The summed E-state index contributed by atoms with van der Waals surface area (Å²) in [6.07, 6.45) is -0.593. The molecule has 0 aliphatic carbocycles. The average molecular weight is 185 g/mol. The molecule has 0 amide bonds. The monoisotopic (exact) mass is 185 g/mol. The fraction of sp³-hybridized carbons (Fsp3) is 0.500. The van der Waals surface area contributed by atoms with Gasteiger partial charge in [0.25, 0.3) is 0 Å². The summed E-state index contributed by atoms with van der Waals surface area (Å²) in [5.41, 5.74) is 4.74. The molecule has 0 saturated heterocycles. The van der Waals surface area contributed by atoms with Crippen molar-refractivity contribution < 1.29 is 49.4 Å². The second kappa shape index (κ2) is 13.5. The molecular formula is C6H12NNaO4. The number of rotatable bonds is 3. The van der Waals surface area contributed by atoms with Gasteiger partial charge in [0, 0.05) is 0 Å². The fourth-order valence-electron chi connectivity index (χ4n) is 0.214. The minimum absolute atomic E-state index is 0. The quantitative estimate of drug-likeness (QED) is 0.316. The van der Waals surface area contributed by atoms with E-state index in [1.54, 1.807) is 0 Å². The van der Waals surface area contributed by atoms with Crippen LogP contribution in [0.25, 0.3) is 0 Å². The molecule has 0 saturated carbocycles. The Bertz CT molecular complexity index is 115. The predicted octanol–water partition coefficient (Wildman–Crippen LogP) is -3.28. The SMILES string of the molecule is O=C(O)CCC(=O)O.[CH2-]CN.[Na+]. The van der Waals surface area contributed by atoms with Gasteiger partial charge in [-0.15, -0.1) is 6.54 Å². The average Bonchev–Trinajstić information content (AvgIpc) is 1.85. The van der Waals surface area contributed by atoms with Gasteiger partial charge in [0.2, 0.25) is 0 Å². The first kappa shape index (κ1) is 17.8. The Balaban J connectivity index is -0.000000177. The second-order valence-corrected chi connectivity index (χ2v) is 1.58. The van der Waals surface area contributed by atoms with E-state index in [9.17, 15) is 9.59 Å². The zero-order valence-electron chi connectivity index (χ0n) is 7.12. The molecule has 0 radical (unpaired) electrons. The summed E-state index contributed by atoms with van der Waals surface area (Å²) in [7, 11) is 0. The summed E-state index contributed by atoms with van der Waals surface area (Å²) in [5.74, 6) is -2.15. The Morgan fingerprint density at radius 3 is 1.42 bits per heavy atom. The van der Waals surface area contributed by atoms with Crippen LogP contribution in [-0.4, -0.2) is 28.7 Å². The zero-order valence-corrected chi connectivity index (χ0v) is 9.12. The number of carboxylic acid groups (broad SMARTS) is 2. The van der Waals surface area contributed by atoms with Crippen molar-refractivity contribution in [2.75, 3.05) is 6.54 Å². The fourth-order valence-corrected chi connectivity index (χ4v) is 0.214. The molecule has 0 atom stereocenters. The maximum absolute atomic E-state index is 9.64. The molecule has 0 unspecified atom stereocenters. The van der Waals surface area contributed by atoms with Gasteiger partial charge in [0.1, 0.15) is 0 Å². The Morgan fingerprint density at radius 1 is 1.17 bits per heavy atom. The summed E-state index contributed by atoms with van der Waals surface area (Å²) in [4.78, 5) is 19.3. The van der Waals surface area contributed by atoms with Crippen molar-refractivity contribution in [2.45, 2.75) is 12.8 Å². The van der Waals surface area contributed by atoms with Gasteiger partial charge in [0.15, 0.2) is 0 Å². The Labute approximate surface area is 93.2 Å². The van der Waals surface area contributed by atoms with Crippen molar-refractivity contribution in [3.63, 3.8) is 0 Å². The third-order valence-corrected chi connectivity index (χ3v) is 0.553. The van der Waals surface area contributed by atoms with Crippen LogP contribution in [0.3, 0.4) is 0 Å².